The zero-order valence-corrected chi connectivity index (χ0v) is 22.4. The first-order valence-electron chi connectivity index (χ1n) is 13.0. The van der Waals surface area contributed by atoms with Gasteiger partial charge in [0.1, 0.15) is 11.5 Å². The Morgan fingerprint density at radius 3 is 1.55 bits per heavy atom. The average Bonchev–Trinajstić information content (AvgIpc) is 2.91. The van der Waals surface area contributed by atoms with Crippen molar-refractivity contribution in [2.24, 2.45) is 0 Å². The summed E-state index contributed by atoms with van der Waals surface area (Å²) in [7, 11) is 0. The lowest BCUT2D eigenvalue weighted by molar-refractivity contribution is -0.433. The third-order valence-electron chi connectivity index (χ3n) is 5.99. The molecule has 0 aromatic heterocycles. The summed E-state index contributed by atoms with van der Waals surface area (Å²) < 4.78 is 130. The van der Waals surface area contributed by atoms with E-state index < -0.39 is 41.6 Å². The van der Waals surface area contributed by atoms with Crippen LogP contribution in [-0.4, -0.2) is 42.7 Å². The molecule has 5 nitrogen and oxygen atoms in total. The van der Waals surface area contributed by atoms with Crippen LogP contribution in [0.2, 0.25) is 0 Å². The van der Waals surface area contributed by atoms with Crippen molar-refractivity contribution >= 4 is 11.9 Å². The summed E-state index contributed by atoms with van der Waals surface area (Å²) in [5.74, 6) is -17.3. The molecule has 0 aliphatic rings. The quantitative estimate of drug-likeness (QED) is 0.0816. The van der Waals surface area contributed by atoms with Gasteiger partial charge in [0.15, 0.2) is 0 Å². The molecule has 0 saturated carbocycles. The van der Waals surface area contributed by atoms with Crippen LogP contribution in [0.4, 0.5) is 39.5 Å². The van der Waals surface area contributed by atoms with E-state index in [2.05, 4.69) is 11.7 Å². The number of halogens is 9. The van der Waals surface area contributed by atoms with E-state index in [1.807, 2.05) is 0 Å². The van der Waals surface area contributed by atoms with Crippen molar-refractivity contribution in [2.75, 3.05) is 6.61 Å². The lowest BCUT2D eigenvalue weighted by Gasteiger charge is -2.32. The summed E-state index contributed by atoms with van der Waals surface area (Å²) in [6, 6.07) is 8.91. The van der Waals surface area contributed by atoms with Crippen LogP contribution in [0.15, 0.2) is 48.5 Å². The number of alkyl halides is 9. The number of unbranched alkanes of at least 4 members (excludes halogenated alkanes) is 7. The fraction of sp³-hybridized carbons (Fsp3) is 0.500. The summed E-state index contributed by atoms with van der Waals surface area (Å²) in [5.41, 5.74) is -0.844. The molecule has 42 heavy (non-hydrogen) atoms. The standard InChI is InChI=1S/C28H29F9O5/c1-2-3-4-5-6-7-8-9-18-40-21-14-10-19(11-15-21)23(38)41-22-16-12-20(13-17-22)24(39)42-28(36,37)26(31,32)25(29,30)27(33,34)35/h10-17H,2-9,18H2,1H3. The van der Waals surface area contributed by atoms with Gasteiger partial charge in [-0.05, 0) is 55.0 Å². The van der Waals surface area contributed by atoms with Crippen molar-refractivity contribution in [3.05, 3.63) is 59.7 Å². The Balaban J connectivity index is 1.87. The highest BCUT2D eigenvalue weighted by molar-refractivity contribution is 5.92. The third kappa shape index (κ3) is 9.02. The van der Waals surface area contributed by atoms with E-state index in [0.29, 0.717) is 24.5 Å². The molecule has 14 heteroatoms. The van der Waals surface area contributed by atoms with Gasteiger partial charge in [-0.1, -0.05) is 51.9 Å². The van der Waals surface area contributed by atoms with Crippen LogP contribution in [0, 0.1) is 0 Å². The predicted molar refractivity (Wildman–Crippen MR) is 132 cm³/mol. The molecule has 0 amide bonds. The maximum absolute atomic E-state index is 13.5. The van der Waals surface area contributed by atoms with Crippen LogP contribution in [-0.2, 0) is 4.74 Å². The van der Waals surface area contributed by atoms with Crippen molar-refractivity contribution in [3.63, 3.8) is 0 Å². The van der Waals surface area contributed by atoms with Gasteiger partial charge in [0.05, 0.1) is 17.7 Å². The van der Waals surface area contributed by atoms with E-state index in [1.165, 1.54) is 44.2 Å². The molecule has 0 aliphatic carbocycles. The molecular weight excluding hydrogens is 587 g/mol. The molecule has 0 aliphatic heterocycles. The Bertz CT molecular complexity index is 1150. The van der Waals surface area contributed by atoms with E-state index in [4.69, 9.17) is 9.47 Å². The van der Waals surface area contributed by atoms with Gasteiger partial charge in [0.25, 0.3) is 0 Å². The van der Waals surface area contributed by atoms with Gasteiger partial charge in [0.2, 0.25) is 0 Å². The van der Waals surface area contributed by atoms with Crippen molar-refractivity contribution in [3.8, 4) is 11.5 Å². The summed E-state index contributed by atoms with van der Waals surface area (Å²) in [5, 5.41) is 0. The lowest BCUT2D eigenvalue weighted by Crippen LogP contribution is -2.62. The van der Waals surface area contributed by atoms with E-state index in [9.17, 15) is 49.1 Å². The summed E-state index contributed by atoms with van der Waals surface area (Å²) in [6.07, 6.45) is -4.44. The Labute approximate surface area is 235 Å². The zero-order chi connectivity index (χ0) is 31.6. The maximum Gasteiger partial charge on any atom is 0.473 e. The van der Waals surface area contributed by atoms with Gasteiger partial charge in [0, 0.05) is 0 Å². The summed E-state index contributed by atoms with van der Waals surface area (Å²) in [4.78, 5) is 24.1. The van der Waals surface area contributed by atoms with Gasteiger partial charge in [-0.15, -0.1) is 0 Å². The van der Waals surface area contributed by atoms with Crippen LogP contribution in [0.3, 0.4) is 0 Å². The Morgan fingerprint density at radius 1 is 0.595 bits per heavy atom. The van der Waals surface area contributed by atoms with E-state index in [0.717, 1.165) is 31.4 Å². The Kier molecular flexibility index (Phi) is 12.1. The van der Waals surface area contributed by atoms with Crippen LogP contribution >= 0.6 is 0 Å². The largest absolute Gasteiger partial charge is 0.494 e. The molecule has 0 heterocycles. The van der Waals surface area contributed by atoms with Crippen LogP contribution in [0.1, 0.15) is 79.0 Å². The normalized spacial score (nSPS) is 12.6. The number of hydrogen-bond acceptors (Lipinski definition) is 5. The first kappa shape index (κ1) is 34.7. The van der Waals surface area contributed by atoms with Crippen LogP contribution < -0.4 is 9.47 Å². The molecule has 0 fully saturated rings. The van der Waals surface area contributed by atoms with Gasteiger partial charge >= 0.3 is 36.1 Å². The minimum absolute atomic E-state index is 0.0883. The smallest absolute Gasteiger partial charge is 0.473 e. The number of ether oxygens (including phenoxy) is 3. The molecular formula is C28H29F9O5. The lowest BCUT2D eigenvalue weighted by atomic mass is 10.1. The van der Waals surface area contributed by atoms with E-state index in [1.54, 1.807) is 12.1 Å². The topological polar surface area (TPSA) is 61.8 Å². The molecule has 2 rings (SSSR count). The van der Waals surface area contributed by atoms with Gasteiger partial charge in [-0.2, -0.15) is 39.5 Å². The fourth-order valence-electron chi connectivity index (χ4n) is 3.54. The molecule has 0 radical (unpaired) electrons. The SMILES string of the molecule is CCCCCCCCCCOc1ccc(C(=O)Oc2ccc(C(=O)OC(F)(F)C(F)(F)C(F)(F)C(F)(F)F)cc2)cc1. The highest BCUT2D eigenvalue weighted by Gasteiger charge is 2.84. The second-order valence-corrected chi connectivity index (χ2v) is 9.31. The van der Waals surface area contributed by atoms with Crippen molar-refractivity contribution in [1.29, 1.82) is 0 Å². The number of carbonyl (C=O) groups is 2. The zero-order valence-electron chi connectivity index (χ0n) is 22.4. The van der Waals surface area contributed by atoms with Gasteiger partial charge < -0.3 is 14.2 Å². The van der Waals surface area contributed by atoms with E-state index >= 15 is 0 Å². The van der Waals surface area contributed by atoms with Gasteiger partial charge in [-0.25, -0.2) is 9.59 Å². The highest BCUT2D eigenvalue weighted by atomic mass is 19.4. The van der Waals surface area contributed by atoms with Crippen LogP contribution in [0.5, 0.6) is 11.5 Å². The molecule has 0 atom stereocenters. The van der Waals surface area contributed by atoms with Crippen LogP contribution in [0.25, 0.3) is 0 Å². The van der Waals surface area contributed by atoms with Gasteiger partial charge in [-0.3, -0.25) is 0 Å². The van der Waals surface area contributed by atoms with Crippen molar-refractivity contribution in [1.82, 2.24) is 0 Å². The first-order valence-corrected chi connectivity index (χ1v) is 13.0. The van der Waals surface area contributed by atoms with Crippen molar-refractivity contribution in [2.45, 2.75) is 82.4 Å². The summed E-state index contributed by atoms with van der Waals surface area (Å²) in [6.45, 7) is 2.67. The molecule has 234 valence electrons. The fourth-order valence-corrected chi connectivity index (χ4v) is 3.54. The molecule has 2 aromatic carbocycles. The van der Waals surface area contributed by atoms with Crippen molar-refractivity contribution < 1.29 is 63.3 Å². The Morgan fingerprint density at radius 2 is 1.05 bits per heavy atom. The second-order valence-electron chi connectivity index (χ2n) is 9.31. The maximum atomic E-state index is 13.5. The number of hydrogen-bond donors (Lipinski definition) is 0. The third-order valence-corrected chi connectivity index (χ3v) is 5.99. The monoisotopic (exact) mass is 616 g/mol. The second kappa shape index (κ2) is 14.6. The van der Waals surface area contributed by atoms with E-state index in [-0.39, 0.29) is 11.3 Å². The molecule has 0 unspecified atom stereocenters. The average molecular weight is 617 g/mol. The molecule has 0 spiro atoms. The minimum atomic E-state index is -7.21. The summed E-state index contributed by atoms with van der Waals surface area (Å²) >= 11 is 0. The molecule has 0 N–H and O–H groups in total. The molecule has 2 aromatic rings. The number of rotatable bonds is 16. The number of benzene rings is 2. The number of carbonyl (C=O) groups excluding carboxylic acids is 2. The first-order chi connectivity index (χ1) is 19.5. The highest BCUT2D eigenvalue weighted by Crippen LogP contribution is 2.53. The minimum Gasteiger partial charge on any atom is -0.494 e. The molecule has 0 saturated heterocycles. The predicted octanol–water partition coefficient (Wildman–Crippen LogP) is 9.01. The Hall–Kier alpha value is -3.45. The molecule has 0 bridgehead atoms. The number of esters is 2.